The molecule has 0 saturated heterocycles. The third-order valence-corrected chi connectivity index (χ3v) is 5.11. The first kappa shape index (κ1) is 23.3. The van der Waals surface area contributed by atoms with Crippen molar-refractivity contribution < 1.29 is 18.7 Å². The van der Waals surface area contributed by atoms with Crippen molar-refractivity contribution in [3.8, 4) is 5.75 Å². The number of hydrogen-bond acceptors (Lipinski definition) is 4. The summed E-state index contributed by atoms with van der Waals surface area (Å²) in [6, 6.07) is 15.4. The van der Waals surface area contributed by atoms with E-state index in [1.54, 1.807) is 13.1 Å². The van der Waals surface area contributed by atoms with Crippen molar-refractivity contribution in [2.45, 2.75) is 45.3 Å². The minimum atomic E-state index is -1.05. The molecule has 6 heteroatoms. The summed E-state index contributed by atoms with van der Waals surface area (Å²) < 4.78 is 24.6. The van der Waals surface area contributed by atoms with Crippen LogP contribution in [0.5, 0.6) is 5.75 Å². The summed E-state index contributed by atoms with van der Waals surface area (Å²) >= 11 is 2.15. The SMILES string of the molecule is CCCCC(=O)O[C@](C)(Cc1ccc(I)c(OCCF)c1)/N=C/c1ccccc1. The Bertz CT molecular complexity index is 813. The monoisotopic (exact) mass is 511 g/mol. The predicted octanol–water partition coefficient (Wildman–Crippen LogP) is 5.75. The fourth-order valence-corrected chi connectivity index (χ4v) is 3.26. The van der Waals surface area contributed by atoms with Crippen LogP contribution in [0.15, 0.2) is 53.5 Å². The van der Waals surface area contributed by atoms with E-state index in [0.717, 1.165) is 27.5 Å². The average Bonchev–Trinajstić information content (AvgIpc) is 2.72. The van der Waals surface area contributed by atoms with Gasteiger partial charge in [-0.1, -0.05) is 49.7 Å². The molecule has 0 heterocycles. The van der Waals surface area contributed by atoms with Gasteiger partial charge in [-0.05, 0) is 59.2 Å². The van der Waals surface area contributed by atoms with Gasteiger partial charge in [0.2, 0.25) is 5.72 Å². The highest BCUT2D eigenvalue weighted by atomic mass is 127. The highest BCUT2D eigenvalue weighted by Crippen LogP contribution is 2.27. The normalized spacial score (nSPS) is 13.2. The molecule has 0 amide bonds. The van der Waals surface area contributed by atoms with E-state index in [1.807, 2.05) is 55.5 Å². The van der Waals surface area contributed by atoms with Crippen LogP contribution in [0.25, 0.3) is 0 Å². The number of carbonyl (C=O) groups excluding carboxylic acids is 1. The smallest absolute Gasteiger partial charge is 0.307 e. The Kier molecular flexibility index (Phi) is 9.57. The summed E-state index contributed by atoms with van der Waals surface area (Å²) in [5, 5.41) is 0. The number of alkyl halides is 1. The number of unbranched alkanes of at least 4 members (excludes halogenated alkanes) is 1. The Hall–Kier alpha value is -1.96. The zero-order chi connectivity index (χ0) is 21.1. The van der Waals surface area contributed by atoms with Crippen LogP contribution in [0.1, 0.15) is 44.2 Å². The van der Waals surface area contributed by atoms with Gasteiger partial charge in [0, 0.05) is 19.1 Å². The summed E-state index contributed by atoms with van der Waals surface area (Å²) in [4.78, 5) is 16.9. The number of ether oxygens (including phenoxy) is 2. The van der Waals surface area contributed by atoms with Gasteiger partial charge >= 0.3 is 5.97 Å². The van der Waals surface area contributed by atoms with E-state index < -0.39 is 12.4 Å². The van der Waals surface area contributed by atoms with Crippen LogP contribution in [0.4, 0.5) is 4.39 Å². The van der Waals surface area contributed by atoms with E-state index in [1.165, 1.54) is 0 Å². The molecule has 2 aromatic rings. The first-order chi connectivity index (χ1) is 14.0. The van der Waals surface area contributed by atoms with Gasteiger partial charge in [-0.15, -0.1) is 0 Å². The molecule has 0 saturated carbocycles. The molecule has 1 atom stereocenters. The van der Waals surface area contributed by atoms with Gasteiger partial charge in [0.15, 0.2) is 0 Å². The number of halogens is 2. The first-order valence-electron chi connectivity index (χ1n) is 9.75. The molecule has 0 unspecified atom stereocenters. The average molecular weight is 511 g/mol. The van der Waals surface area contributed by atoms with Gasteiger partial charge in [0.1, 0.15) is 19.0 Å². The second-order valence-electron chi connectivity index (χ2n) is 6.90. The quantitative estimate of drug-likeness (QED) is 0.219. The Morgan fingerprint density at radius 1 is 1.24 bits per heavy atom. The Morgan fingerprint density at radius 3 is 2.69 bits per heavy atom. The molecule has 0 aliphatic carbocycles. The second-order valence-corrected chi connectivity index (χ2v) is 8.06. The maximum Gasteiger partial charge on any atom is 0.307 e. The second kappa shape index (κ2) is 11.9. The van der Waals surface area contributed by atoms with E-state index in [2.05, 4.69) is 27.6 Å². The van der Waals surface area contributed by atoms with E-state index in [0.29, 0.717) is 18.6 Å². The van der Waals surface area contributed by atoms with Gasteiger partial charge < -0.3 is 9.47 Å². The lowest BCUT2D eigenvalue weighted by Gasteiger charge is -2.26. The molecule has 4 nitrogen and oxygen atoms in total. The highest BCUT2D eigenvalue weighted by Gasteiger charge is 2.28. The largest absolute Gasteiger partial charge is 0.490 e. The number of nitrogens with zero attached hydrogens (tertiary/aromatic N) is 1. The molecule has 0 radical (unpaired) electrons. The van der Waals surface area contributed by atoms with Crippen LogP contribution in [-0.4, -0.2) is 31.2 Å². The lowest BCUT2D eigenvalue weighted by molar-refractivity contribution is -0.157. The fraction of sp³-hybridized carbons (Fsp3) is 0.391. The van der Waals surface area contributed by atoms with Crippen molar-refractivity contribution in [1.82, 2.24) is 0 Å². The van der Waals surface area contributed by atoms with Crippen molar-refractivity contribution in [1.29, 1.82) is 0 Å². The summed E-state index contributed by atoms with van der Waals surface area (Å²) in [6.45, 7) is 3.30. The zero-order valence-electron chi connectivity index (χ0n) is 16.9. The number of hydrogen-bond donors (Lipinski definition) is 0. The van der Waals surface area contributed by atoms with Gasteiger partial charge in [-0.2, -0.15) is 0 Å². The summed E-state index contributed by atoms with van der Waals surface area (Å²) in [7, 11) is 0. The molecule has 29 heavy (non-hydrogen) atoms. The molecule has 156 valence electrons. The minimum Gasteiger partial charge on any atom is -0.490 e. The van der Waals surface area contributed by atoms with Gasteiger partial charge in [-0.25, -0.2) is 9.38 Å². The lowest BCUT2D eigenvalue weighted by atomic mass is 10.0. The van der Waals surface area contributed by atoms with E-state index in [-0.39, 0.29) is 12.6 Å². The molecule has 0 N–H and O–H groups in total. The predicted molar refractivity (Wildman–Crippen MR) is 122 cm³/mol. The first-order valence-corrected chi connectivity index (χ1v) is 10.8. The van der Waals surface area contributed by atoms with Gasteiger partial charge in [0.05, 0.1) is 3.57 Å². The van der Waals surface area contributed by atoms with Crippen LogP contribution in [-0.2, 0) is 16.0 Å². The van der Waals surface area contributed by atoms with Crippen molar-refractivity contribution >= 4 is 34.8 Å². The zero-order valence-corrected chi connectivity index (χ0v) is 19.0. The van der Waals surface area contributed by atoms with E-state index in [9.17, 15) is 9.18 Å². The molecule has 2 rings (SSSR count). The summed E-state index contributed by atoms with van der Waals surface area (Å²) in [5.41, 5.74) is 0.776. The Morgan fingerprint density at radius 2 is 2.00 bits per heavy atom. The molecular formula is C23H27FINO3. The van der Waals surface area contributed by atoms with Crippen molar-refractivity contribution in [3.63, 3.8) is 0 Å². The molecule has 0 spiro atoms. The van der Waals surface area contributed by atoms with Crippen LogP contribution in [0.3, 0.4) is 0 Å². The maximum atomic E-state index is 12.5. The molecule has 0 bridgehead atoms. The third-order valence-electron chi connectivity index (χ3n) is 4.22. The van der Waals surface area contributed by atoms with Crippen LogP contribution in [0.2, 0.25) is 0 Å². The van der Waals surface area contributed by atoms with Crippen molar-refractivity contribution in [3.05, 3.63) is 63.2 Å². The number of aliphatic imine (C=N–C) groups is 1. The van der Waals surface area contributed by atoms with Crippen LogP contribution < -0.4 is 4.74 Å². The van der Waals surface area contributed by atoms with Crippen LogP contribution >= 0.6 is 22.6 Å². The van der Waals surface area contributed by atoms with E-state index in [4.69, 9.17) is 9.47 Å². The lowest BCUT2D eigenvalue weighted by Crippen LogP contribution is -2.32. The van der Waals surface area contributed by atoms with Gasteiger partial charge in [-0.3, -0.25) is 4.79 Å². The molecule has 2 aromatic carbocycles. The summed E-state index contributed by atoms with van der Waals surface area (Å²) in [6.07, 6.45) is 4.18. The van der Waals surface area contributed by atoms with E-state index >= 15 is 0 Å². The topological polar surface area (TPSA) is 47.9 Å². The van der Waals surface area contributed by atoms with Gasteiger partial charge in [0.25, 0.3) is 0 Å². The standard InChI is InChI=1S/C23H27FINO3/c1-3-4-10-22(27)29-23(2,26-17-18-8-6-5-7-9-18)16-19-11-12-20(25)21(15-19)28-14-13-24/h5-9,11-12,15,17H,3-4,10,13-14,16H2,1-2H3/b26-17+/t23-/m1/s1. The molecule has 0 fully saturated rings. The third kappa shape index (κ3) is 8.12. The molecule has 0 aliphatic rings. The number of rotatable bonds is 11. The van der Waals surface area contributed by atoms with Crippen LogP contribution in [0, 0.1) is 3.57 Å². The number of benzene rings is 2. The molecule has 0 aliphatic heterocycles. The minimum absolute atomic E-state index is 0.00882. The number of carbonyl (C=O) groups is 1. The fourth-order valence-electron chi connectivity index (χ4n) is 2.77. The van der Waals surface area contributed by atoms with Crippen molar-refractivity contribution in [2.75, 3.05) is 13.3 Å². The highest BCUT2D eigenvalue weighted by molar-refractivity contribution is 14.1. The molecule has 0 aromatic heterocycles. The maximum absolute atomic E-state index is 12.5. The Balaban J connectivity index is 2.24. The Labute approximate surface area is 185 Å². The summed E-state index contributed by atoms with van der Waals surface area (Å²) in [5.74, 6) is 0.353. The van der Waals surface area contributed by atoms with Crippen molar-refractivity contribution in [2.24, 2.45) is 4.99 Å². The molecular weight excluding hydrogens is 484 g/mol. The number of esters is 1.